The zero-order valence-electron chi connectivity index (χ0n) is 18.0. The van der Waals surface area contributed by atoms with Gasteiger partial charge in [0.25, 0.3) is 5.91 Å². The number of ether oxygens (including phenoxy) is 1. The number of amides is 1. The molecule has 6 heteroatoms. The van der Waals surface area contributed by atoms with Crippen LogP contribution in [0.1, 0.15) is 11.4 Å². The van der Waals surface area contributed by atoms with Gasteiger partial charge in [0, 0.05) is 23.0 Å². The van der Waals surface area contributed by atoms with E-state index in [9.17, 15) is 4.79 Å². The molecule has 0 radical (unpaired) electrons. The number of anilines is 3. The molecule has 4 rings (SSSR count). The van der Waals surface area contributed by atoms with Gasteiger partial charge in [-0.15, -0.1) is 0 Å². The number of rotatable bonds is 7. The molecule has 0 saturated carbocycles. The zero-order chi connectivity index (χ0) is 22.3. The average Bonchev–Trinajstić information content (AvgIpc) is 2.78. The van der Waals surface area contributed by atoms with Crippen LogP contribution in [-0.2, 0) is 4.79 Å². The molecule has 2 N–H and O–H groups in total. The van der Waals surface area contributed by atoms with Crippen LogP contribution in [0.4, 0.5) is 17.2 Å². The molecule has 1 heterocycles. The van der Waals surface area contributed by atoms with Crippen molar-refractivity contribution < 1.29 is 9.53 Å². The molecule has 0 unspecified atom stereocenters. The lowest BCUT2D eigenvalue weighted by Gasteiger charge is -2.11. The fraction of sp³-hybridized carbons (Fsp3) is 0.115. The van der Waals surface area contributed by atoms with Crippen molar-refractivity contribution in [3.8, 4) is 17.0 Å². The fourth-order valence-electron chi connectivity index (χ4n) is 3.26. The molecule has 0 aliphatic carbocycles. The number of hydrogen-bond donors (Lipinski definition) is 2. The Kier molecular flexibility index (Phi) is 6.41. The lowest BCUT2D eigenvalue weighted by Crippen LogP contribution is -2.20. The molecule has 3 aromatic carbocycles. The van der Waals surface area contributed by atoms with E-state index in [0.29, 0.717) is 23.1 Å². The van der Waals surface area contributed by atoms with E-state index in [0.717, 1.165) is 22.5 Å². The van der Waals surface area contributed by atoms with Crippen molar-refractivity contribution in [1.29, 1.82) is 0 Å². The highest BCUT2D eigenvalue weighted by Crippen LogP contribution is 2.23. The molecule has 6 nitrogen and oxygen atoms in total. The Labute approximate surface area is 187 Å². The monoisotopic (exact) mass is 424 g/mol. The summed E-state index contributed by atoms with van der Waals surface area (Å²) < 4.78 is 5.57. The van der Waals surface area contributed by atoms with Crippen molar-refractivity contribution in [2.45, 2.75) is 13.8 Å². The van der Waals surface area contributed by atoms with Crippen LogP contribution in [0.3, 0.4) is 0 Å². The first-order chi connectivity index (χ1) is 15.5. The van der Waals surface area contributed by atoms with E-state index in [4.69, 9.17) is 4.74 Å². The van der Waals surface area contributed by atoms with E-state index < -0.39 is 0 Å². The summed E-state index contributed by atoms with van der Waals surface area (Å²) in [5.74, 6) is 1.80. The first kappa shape index (κ1) is 21.1. The van der Waals surface area contributed by atoms with Crippen LogP contribution in [0.5, 0.6) is 5.75 Å². The standard InChI is InChI=1S/C26H24N4O2/c1-18-8-6-13-23(14-18)32-17-26(31)30-22-12-7-11-21(15-22)29-25-16-24(27-19(2)28-25)20-9-4-3-5-10-20/h3-16H,17H2,1-2H3,(H,30,31)(H,27,28,29). The van der Waals surface area contributed by atoms with Crippen molar-refractivity contribution in [1.82, 2.24) is 9.97 Å². The smallest absolute Gasteiger partial charge is 0.262 e. The van der Waals surface area contributed by atoms with E-state index in [2.05, 4.69) is 20.6 Å². The molecule has 0 aliphatic heterocycles. The van der Waals surface area contributed by atoms with Crippen molar-refractivity contribution >= 4 is 23.1 Å². The number of hydrogen-bond acceptors (Lipinski definition) is 5. The minimum atomic E-state index is -0.229. The Balaban J connectivity index is 1.42. The maximum absolute atomic E-state index is 12.3. The molecule has 0 saturated heterocycles. The van der Waals surface area contributed by atoms with Crippen molar-refractivity contribution in [3.63, 3.8) is 0 Å². The van der Waals surface area contributed by atoms with Gasteiger partial charge in [0.05, 0.1) is 5.69 Å². The molecule has 32 heavy (non-hydrogen) atoms. The molecule has 4 aromatic rings. The minimum absolute atomic E-state index is 0.0628. The summed E-state index contributed by atoms with van der Waals surface area (Å²) in [4.78, 5) is 21.3. The van der Waals surface area contributed by atoms with Crippen molar-refractivity contribution in [2.24, 2.45) is 0 Å². The quantitative estimate of drug-likeness (QED) is 0.408. The second-order valence-electron chi connectivity index (χ2n) is 7.41. The zero-order valence-corrected chi connectivity index (χ0v) is 18.0. The van der Waals surface area contributed by atoms with E-state index in [1.165, 1.54) is 0 Å². The molecule has 1 aromatic heterocycles. The first-order valence-electron chi connectivity index (χ1n) is 10.3. The van der Waals surface area contributed by atoms with Gasteiger partial charge in [0.2, 0.25) is 0 Å². The summed E-state index contributed by atoms with van der Waals surface area (Å²) in [7, 11) is 0. The Morgan fingerprint density at radius 1 is 0.844 bits per heavy atom. The maximum atomic E-state index is 12.3. The summed E-state index contributed by atoms with van der Waals surface area (Å²) in [6.07, 6.45) is 0. The molecular weight excluding hydrogens is 400 g/mol. The number of benzene rings is 3. The number of carbonyl (C=O) groups is 1. The van der Waals surface area contributed by atoms with Crippen LogP contribution in [-0.4, -0.2) is 22.5 Å². The van der Waals surface area contributed by atoms with Gasteiger partial charge in [0.15, 0.2) is 6.61 Å². The van der Waals surface area contributed by atoms with Gasteiger partial charge in [-0.2, -0.15) is 0 Å². The minimum Gasteiger partial charge on any atom is -0.484 e. The fourth-order valence-corrected chi connectivity index (χ4v) is 3.26. The third kappa shape index (κ3) is 5.70. The summed E-state index contributed by atoms with van der Waals surface area (Å²) in [5, 5.41) is 6.16. The molecule has 0 fully saturated rings. The summed E-state index contributed by atoms with van der Waals surface area (Å²) >= 11 is 0. The lowest BCUT2D eigenvalue weighted by atomic mass is 10.1. The summed E-state index contributed by atoms with van der Waals surface area (Å²) in [6, 6.07) is 26.9. The third-order valence-electron chi connectivity index (χ3n) is 4.69. The van der Waals surface area contributed by atoms with E-state index in [-0.39, 0.29) is 12.5 Å². The number of nitrogens with zero attached hydrogens (tertiary/aromatic N) is 2. The van der Waals surface area contributed by atoms with Crippen LogP contribution < -0.4 is 15.4 Å². The molecule has 0 bridgehead atoms. The number of nitrogens with one attached hydrogen (secondary N) is 2. The summed E-state index contributed by atoms with van der Waals surface area (Å²) in [6.45, 7) is 3.78. The second kappa shape index (κ2) is 9.75. The lowest BCUT2D eigenvalue weighted by molar-refractivity contribution is -0.118. The van der Waals surface area contributed by atoms with Gasteiger partial charge in [-0.3, -0.25) is 4.79 Å². The van der Waals surface area contributed by atoms with Crippen LogP contribution in [0.15, 0.2) is 84.9 Å². The number of carbonyl (C=O) groups excluding carboxylic acids is 1. The topological polar surface area (TPSA) is 76.1 Å². The van der Waals surface area contributed by atoms with Crippen LogP contribution in [0.25, 0.3) is 11.3 Å². The van der Waals surface area contributed by atoms with E-state index in [1.54, 1.807) is 0 Å². The van der Waals surface area contributed by atoms with Gasteiger partial charge in [-0.05, 0) is 49.7 Å². The highest BCUT2D eigenvalue weighted by molar-refractivity contribution is 5.92. The van der Waals surface area contributed by atoms with Crippen molar-refractivity contribution in [3.05, 3.63) is 96.3 Å². The molecule has 0 spiro atoms. The SMILES string of the molecule is Cc1cccc(OCC(=O)Nc2cccc(Nc3cc(-c4ccccc4)nc(C)n3)c2)c1. The van der Waals surface area contributed by atoms with Gasteiger partial charge in [-0.1, -0.05) is 48.5 Å². The normalized spacial score (nSPS) is 10.4. The maximum Gasteiger partial charge on any atom is 0.262 e. The van der Waals surface area contributed by atoms with Gasteiger partial charge < -0.3 is 15.4 Å². The van der Waals surface area contributed by atoms with Crippen LogP contribution >= 0.6 is 0 Å². The number of aromatic nitrogens is 2. The van der Waals surface area contributed by atoms with Gasteiger partial charge >= 0.3 is 0 Å². The molecule has 1 amide bonds. The van der Waals surface area contributed by atoms with Crippen LogP contribution in [0, 0.1) is 13.8 Å². The third-order valence-corrected chi connectivity index (χ3v) is 4.69. The largest absolute Gasteiger partial charge is 0.484 e. The average molecular weight is 425 g/mol. The molecular formula is C26H24N4O2. The molecule has 0 aliphatic rings. The number of aryl methyl sites for hydroxylation is 2. The first-order valence-corrected chi connectivity index (χ1v) is 10.3. The Morgan fingerprint density at radius 2 is 1.62 bits per heavy atom. The Morgan fingerprint density at radius 3 is 2.44 bits per heavy atom. The van der Waals surface area contributed by atoms with E-state index in [1.807, 2.05) is 98.8 Å². The predicted octanol–water partition coefficient (Wildman–Crippen LogP) is 5.52. The Hall–Kier alpha value is -4.19. The predicted molar refractivity (Wildman–Crippen MR) is 127 cm³/mol. The molecule has 160 valence electrons. The molecule has 0 atom stereocenters. The van der Waals surface area contributed by atoms with Gasteiger partial charge in [0.1, 0.15) is 17.4 Å². The summed E-state index contributed by atoms with van der Waals surface area (Å²) in [5.41, 5.74) is 4.42. The Bertz CT molecular complexity index is 1230. The highest BCUT2D eigenvalue weighted by atomic mass is 16.5. The van der Waals surface area contributed by atoms with Gasteiger partial charge in [-0.25, -0.2) is 9.97 Å². The van der Waals surface area contributed by atoms with E-state index >= 15 is 0 Å². The second-order valence-corrected chi connectivity index (χ2v) is 7.41. The van der Waals surface area contributed by atoms with Crippen molar-refractivity contribution in [2.75, 3.05) is 17.2 Å². The highest BCUT2D eigenvalue weighted by Gasteiger charge is 2.07. The van der Waals surface area contributed by atoms with Crippen LogP contribution in [0.2, 0.25) is 0 Å².